The highest BCUT2D eigenvalue weighted by atomic mass is 19.3. The van der Waals surface area contributed by atoms with Crippen molar-refractivity contribution in [3.63, 3.8) is 0 Å². The molecule has 0 saturated carbocycles. The Kier molecular flexibility index (Phi) is 3.35. The summed E-state index contributed by atoms with van der Waals surface area (Å²) in [6.45, 7) is 0. The third kappa shape index (κ3) is 2.30. The molecule has 1 unspecified atom stereocenters. The standard InChI is InChI=1S/C8H11F2N3O2/c1-13-3-4(5(11)7(9)10)6(12-13)8(14)15-2/h3,5,7H,11H2,1-2H3. The van der Waals surface area contributed by atoms with Crippen LogP contribution in [0.15, 0.2) is 6.20 Å². The summed E-state index contributed by atoms with van der Waals surface area (Å²) in [5, 5.41) is 3.71. The number of aromatic nitrogens is 2. The van der Waals surface area contributed by atoms with Gasteiger partial charge in [-0.2, -0.15) is 5.10 Å². The highest BCUT2D eigenvalue weighted by Gasteiger charge is 2.26. The number of aryl methyl sites for hydroxylation is 1. The number of hydrogen-bond acceptors (Lipinski definition) is 4. The van der Waals surface area contributed by atoms with Gasteiger partial charge in [0.1, 0.15) is 0 Å². The van der Waals surface area contributed by atoms with Crippen LogP contribution in [0.25, 0.3) is 0 Å². The van der Waals surface area contributed by atoms with E-state index in [1.165, 1.54) is 17.9 Å². The molecule has 0 spiro atoms. The number of rotatable bonds is 3. The first-order valence-electron chi connectivity index (χ1n) is 4.13. The normalized spacial score (nSPS) is 12.9. The second-order valence-electron chi connectivity index (χ2n) is 2.96. The molecule has 2 N–H and O–H groups in total. The van der Waals surface area contributed by atoms with Crippen LogP contribution in [0.2, 0.25) is 0 Å². The van der Waals surface area contributed by atoms with Gasteiger partial charge in [0.15, 0.2) is 5.69 Å². The second-order valence-corrected chi connectivity index (χ2v) is 2.96. The first kappa shape index (κ1) is 11.6. The summed E-state index contributed by atoms with van der Waals surface area (Å²) in [4.78, 5) is 11.2. The Morgan fingerprint density at radius 1 is 1.67 bits per heavy atom. The summed E-state index contributed by atoms with van der Waals surface area (Å²) >= 11 is 0. The van der Waals surface area contributed by atoms with Gasteiger partial charge in [-0.05, 0) is 0 Å². The Balaban J connectivity index is 3.11. The predicted octanol–water partition coefficient (Wildman–Crippen LogP) is 0.472. The van der Waals surface area contributed by atoms with Crippen molar-refractivity contribution in [2.24, 2.45) is 12.8 Å². The summed E-state index contributed by atoms with van der Waals surface area (Å²) in [5.74, 6) is -0.776. The lowest BCUT2D eigenvalue weighted by atomic mass is 10.1. The molecular formula is C8H11F2N3O2. The van der Waals surface area contributed by atoms with Crippen LogP contribution in [0.5, 0.6) is 0 Å². The van der Waals surface area contributed by atoms with E-state index in [9.17, 15) is 13.6 Å². The van der Waals surface area contributed by atoms with Crippen molar-refractivity contribution in [3.8, 4) is 0 Å². The van der Waals surface area contributed by atoms with Gasteiger partial charge >= 0.3 is 5.97 Å². The lowest BCUT2D eigenvalue weighted by molar-refractivity contribution is 0.0588. The van der Waals surface area contributed by atoms with Gasteiger partial charge in [-0.25, -0.2) is 13.6 Å². The van der Waals surface area contributed by atoms with E-state index in [0.29, 0.717) is 0 Å². The fourth-order valence-electron chi connectivity index (χ4n) is 1.14. The van der Waals surface area contributed by atoms with Gasteiger partial charge < -0.3 is 10.5 Å². The SMILES string of the molecule is COC(=O)c1nn(C)cc1C(N)C(F)F. The van der Waals surface area contributed by atoms with Crippen molar-refractivity contribution < 1.29 is 18.3 Å². The first-order chi connectivity index (χ1) is 6.97. The number of carbonyl (C=O) groups excluding carboxylic acids is 1. The molecule has 0 radical (unpaired) electrons. The third-order valence-electron chi connectivity index (χ3n) is 1.87. The van der Waals surface area contributed by atoms with Gasteiger partial charge in [0.05, 0.1) is 13.2 Å². The maximum atomic E-state index is 12.4. The van der Waals surface area contributed by atoms with Crippen LogP contribution in [0, 0.1) is 0 Å². The minimum Gasteiger partial charge on any atom is -0.464 e. The fraction of sp³-hybridized carbons (Fsp3) is 0.500. The van der Waals surface area contributed by atoms with Gasteiger partial charge in [-0.1, -0.05) is 0 Å². The number of methoxy groups -OCH3 is 1. The molecule has 0 fully saturated rings. The van der Waals surface area contributed by atoms with Gasteiger partial charge in [0, 0.05) is 18.8 Å². The molecule has 1 aromatic heterocycles. The van der Waals surface area contributed by atoms with E-state index in [4.69, 9.17) is 5.73 Å². The average Bonchev–Trinajstić information content (AvgIpc) is 2.57. The highest BCUT2D eigenvalue weighted by Crippen LogP contribution is 2.21. The topological polar surface area (TPSA) is 70.1 Å². The van der Waals surface area contributed by atoms with Crippen molar-refractivity contribution >= 4 is 5.97 Å². The molecule has 0 aliphatic heterocycles. The number of carbonyl (C=O) groups is 1. The van der Waals surface area contributed by atoms with E-state index >= 15 is 0 Å². The molecule has 7 heteroatoms. The monoisotopic (exact) mass is 219 g/mol. The summed E-state index contributed by atoms with van der Waals surface area (Å²) in [5.41, 5.74) is 5.05. The van der Waals surface area contributed by atoms with Crippen molar-refractivity contribution in [2.45, 2.75) is 12.5 Å². The number of nitrogens with zero attached hydrogens (tertiary/aromatic N) is 2. The molecule has 0 aromatic carbocycles. The Hall–Kier alpha value is -1.50. The van der Waals surface area contributed by atoms with Crippen LogP contribution in [-0.2, 0) is 11.8 Å². The van der Waals surface area contributed by atoms with Gasteiger partial charge in [0.2, 0.25) is 0 Å². The second kappa shape index (κ2) is 4.35. The van der Waals surface area contributed by atoms with E-state index in [2.05, 4.69) is 9.84 Å². The molecule has 5 nitrogen and oxygen atoms in total. The van der Waals surface area contributed by atoms with Crippen LogP contribution >= 0.6 is 0 Å². The molecule has 1 rings (SSSR count). The maximum absolute atomic E-state index is 12.4. The van der Waals surface area contributed by atoms with Gasteiger partial charge in [-0.15, -0.1) is 0 Å². The molecule has 1 aromatic rings. The smallest absolute Gasteiger partial charge is 0.358 e. The molecular weight excluding hydrogens is 208 g/mol. The van der Waals surface area contributed by atoms with E-state index in [0.717, 1.165) is 7.11 Å². The van der Waals surface area contributed by atoms with Crippen LogP contribution in [0.4, 0.5) is 8.78 Å². The minimum atomic E-state index is -2.75. The Bertz CT molecular complexity index is 365. The van der Waals surface area contributed by atoms with Crippen molar-refractivity contribution in [1.29, 1.82) is 0 Å². The number of ether oxygens (including phenoxy) is 1. The van der Waals surface area contributed by atoms with Crippen LogP contribution in [0.3, 0.4) is 0 Å². The molecule has 0 amide bonds. The largest absolute Gasteiger partial charge is 0.464 e. The molecule has 1 atom stereocenters. The third-order valence-corrected chi connectivity index (χ3v) is 1.87. The van der Waals surface area contributed by atoms with Crippen LogP contribution in [-0.4, -0.2) is 29.3 Å². The van der Waals surface area contributed by atoms with E-state index in [1.54, 1.807) is 0 Å². The zero-order chi connectivity index (χ0) is 11.6. The first-order valence-corrected chi connectivity index (χ1v) is 4.13. The summed E-state index contributed by atoms with van der Waals surface area (Å²) in [6.07, 6.45) is -1.47. The molecule has 0 aliphatic carbocycles. The minimum absolute atomic E-state index is 0.0145. The van der Waals surface area contributed by atoms with Crippen LogP contribution in [0.1, 0.15) is 22.1 Å². The highest BCUT2D eigenvalue weighted by molar-refractivity contribution is 5.88. The number of hydrogen-bond donors (Lipinski definition) is 1. The Labute approximate surface area is 84.8 Å². The number of halogens is 2. The number of nitrogens with two attached hydrogens (primary N) is 1. The van der Waals surface area contributed by atoms with Crippen molar-refractivity contribution in [1.82, 2.24) is 9.78 Å². The van der Waals surface area contributed by atoms with Crippen LogP contribution < -0.4 is 5.73 Å². The van der Waals surface area contributed by atoms with Gasteiger partial charge in [0.25, 0.3) is 6.43 Å². The molecule has 0 saturated heterocycles. The number of alkyl halides is 2. The predicted molar refractivity (Wildman–Crippen MR) is 47.5 cm³/mol. The molecule has 15 heavy (non-hydrogen) atoms. The fourth-order valence-corrected chi connectivity index (χ4v) is 1.14. The zero-order valence-electron chi connectivity index (χ0n) is 8.28. The lowest BCUT2D eigenvalue weighted by Gasteiger charge is -2.08. The maximum Gasteiger partial charge on any atom is 0.358 e. The number of esters is 1. The quantitative estimate of drug-likeness (QED) is 0.750. The summed E-state index contributed by atoms with van der Waals surface area (Å²) in [6, 6.07) is -1.53. The molecule has 0 bridgehead atoms. The average molecular weight is 219 g/mol. The zero-order valence-corrected chi connectivity index (χ0v) is 8.28. The van der Waals surface area contributed by atoms with Crippen molar-refractivity contribution in [3.05, 3.63) is 17.5 Å². The molecule has 84 valence electrons. The summed E-state index contributed by atoms with van der Waals surface area (Å²) in [7, 11) is 2.66. The van der Waals surface area contributed by atoms with E-state index < -0.39 is 18.4 Å². The van der Waals surface area contributed by atoms with Gasteiger partial charge in [-0.3, -0.25) is 4.68 Å². The lowest BCUT2D eigenvalue weighted by Crippen LogP contribution is -2.21. The summed E-state index contributed by atoms with van der Waals surface area (Å²) < 4.78 is 30.4. The Morgan fingerprint density at radius 2 is 2.27 bits per heavy atom. The van der Waals surface area contributed by atoms with E-state index in [1.807, 2.05) is 0 Å². The molecule has 1 heterocycles. The van der Waals surface area contributed by atoms with E-state index in [-0.39, 0.29) is 11.3 Å². The Morgan fingerprint density at radius 3 is 2.73 bits per heavy atom. The molecule has 0 aliphatic rings. The van der Waals surface area contributed by atoms with Crippen molar-refractivity contribution in [2.75, 3.05) is 7.11 Å².